The number of isocyanates is 1. The smallest absolute Gasteiger partial charge is 0.235 e. The minimum absolute atomic E-state index is 0.0250. The molecule has 2 aliphatic rings. The summed E-state index contributed by atoms with van der Waals surface area (Å²) in [7, 11) is 1.37. The standard InChI is InChI=1S/C12H10FNO4/c1-16-10-7(12(2-3-12)14-5-15)4-8-11(9(10)13)18-6-17-8/h4H,2-3,6H2,1H3. The van der Waals surface area contributed by atoms with E-state index in [1.54, 1.807) is 6.07 Å². The number of aliphatic imine (C=N–C) groups is 1. The van der Waals surface area contributed by atoms with Crippen LogP contribution in [0.25, 0.3) is 0 Å². The third kappa shape index (κ3) is 1.39. The predicted molar refractivity (Wildman–Crippen MR) is 58.1 cm³/mol. The van der Waals surface area contributed by atoms with Gasteiger partial charge in [0.25, 0.3) is 0 Å². The molecule has 0 atom stereocenters. The van der Waals surface area contributed by atoms with E-state index in [-0.39, 0.29) is 18.3 Å². The largest absolute Gasteiger partial charge is 0.493 e. The molecule has 0 spiro atoms. The fraction of sp³-hybridized carbons (Fsp3) is 0.417. The average Bonchev–Trinajstić information content (AvgIpc) is 2.99. The highest BCUT2D eigenvalue weighted by molar-refractivity contribution is 5.57. The van der Waals surface area contributed by atoms with Gasteiger partial charge in [0, 0.05) is 5.56 Å². The van der Waals surface area contributed by atoms with Crippen molar-refractivity contribution in [2.75, 3.05) is 13.9 Å². The molecular formula is C12H10FNO4. The van der Waals surface area contributed by atoms with Crippen LogP contribution >= 0.6 is 0 Å². The Morgan fingerprint density at radius 3 is 2.89 bits per heavy atom. The van der Waals surface area contributed by atoms with E-state index in [1.807, 2.05) is 0 Å². The molecule has 6 heteroatoms. The summed E-state index contributed by atoms with van der Waals surface area (Å²) in [4.78, 5) is 14.2. The van der Waals surface area contributed by atoms with Crippen LogP contribution in [0.4, 0.5) is 4.39 Å². The van der Waals surface area contributed by atoms with Gasteiger partial charge < -0.3 is 14.2 Å². The van der Waals surface area contributed by atoms with E-state index in [4.69, 9.17) is 14.2 Å². The molecule has 1 aromatic rings. The Labute approximate surface area is 102 Å². The molecule has 0 N–H and O–H groups in total. The maximum atomic E-state index is 14.2. The van der Waals surface area contributed by atoms with Crippen LogP contribution in [0, 0.1) is 5.82 Å². The summed E-state index contributed by atoms with van der Waals surface area (Å²) in [6.45, 7) is -0.0250. The van der Waals surface area contributed by atoms with Gasteiger partial charge >= 0.3 is 0 Å². The van der Waals surface area contributed by atoms with Crippen LogP contribution in [0.2, 0.25) is 0 Å². The van der Waals surface area contributed by atoms with E-state index in [2.05, 4.69) is 4.99 Å². The van der Waals surface area contributed by atoms with E-state index < -0.39 is 11.4 Å². The SMILES string of the molecule is COc1c(C2(N=C=O)CC2)cc2c(c1F)OCO2. The summed E-state index contributed by atoms with van der Waals surface area (Å²) in [5.74, 6) is -0.206. The van der Waals surface area contributed by atoms with Crippen molar-refractivity contribution < 1.29 is 23.4 Å². The summed E-state index contributed by atoms with van der Waals surface area (Å²) in [5.41, 5.74) is -0.204. The third-order valence-corrected chi connectivity index (χ3v) is 3.25. The highest BCUT2D eigenvalue weighted by Crippen LogP contribution is 2.55. The Hall–Kier alpha value is -2.07. The first-order valence-corrected chi connectivity index (χ1v) is 5.47. The third-order valence-electron chi connectivity index (χ3n) is 3.25. The monoisotopic (exact) mass is 251 g/mol. The number of carbonyl (C=O) groups excluding carboxylic acids is 1. The summed E-state index contributed by atoms with van der Waals surface area (Å²) in [6, 6.07) is 1.62. The molecule has 94 valence electrons. The molecule has 1 aliphatic heterocycles. The molecule has 5 nitrogen and oxygen atoms in total. The first-order valence-electron chi connectivity index (χ1n) is 5.47. The molecule has 0 amide bonds. The van der Waals surface area contributed by atoms with Crippen molar-refractivity contribution in [3.05, 3.63) is 17.4 Å². The number of fused-ring (bicyclic) bond motifs is 1. The normalized spacial score (nSPS) is 18.1. The first kappa shape index (κ1) is 11.0. The molecule has 18 heavy (non-hydrogen) atoms. The highest BCUT2D eigenvalue weighted by atomic mass is 19.1. The molecule has 1 aromatic carbocycles. The first-order chi connectivity index (χ1) is 8.72. The number of halogens is 1. The van der Waals surface area contributed by atoms with Crippen LogP contribution in [-0.4, -0.2) is 20.0 Å². The second kappa shape index (κ2) is 3.71. The predicted octanol–water partition coefficient (Wildman–Crippen LogP) is 1.89. The fourth-order valence-electron chi connectivity index (χ4n) is 2.18. The van der Waals surface area contributed by atoms with E-state index in [1.165, 1.54) is 13.2 Å². The topological polar surface area (TPSA) is 57.1 Å². The minimum Gasteiger partial charge on any atom is -0.493 e. The van der Waals surface area contributed by atoms with Gasteiger partial charge in [0.05, 0.1) is 7.11 Å². The number of rotatable bonds is 3. The maximum Gasteiger partial charge on any atom is 0.235 e. The fourth-order valence-corrected chi connectivity index (χ4v) is 2.18. The quantitative estimate of drug-likeness (QED) is 0.608. The Bertz CT molecular complexity index is 562. The van der Waals surface area contributed by atoms with Crippen molar-refractivity contribution in [2.45, 2.75) is 18.4 Å². The molecular weight excluding hydrogens is 241 g/mol. The van der Waals surface area contributed by atoms with Crippen molar-refractivity contribution >= 4 is 6.08 Å². The number of ether oxygens (including phenoxy) is 3. The zero-order valence-corrected chi connectivity index (χ0v) is 9.66. The van der Waals surface area contributed by atoms with Gasteiger partial charge in [-0.2, -0.15) is 9.38 Å². The van der Waals surface area contributed by atoms with Crippen molar-refractivity contribution in [3.63, 3.8) is 0 Å². The van der Waals surface area contributed by atoms with E-state index >= 15 is 0 Å². The van der Waals surface area contributed by atoms with Gasteiger partial charge in [0.1, 0.15) is 5.54 Å². The Balaban J connectivity index is 2.21. The Kier molecular flexibility index (Phi) is 2.28. The Morgan fingerprint density at radius 1 is 1.50 bits per heavy atom. The number of hydrogen-bond acceptors (Lipinski definition) is 5. The molecule has 1 fully saturated rings. The lowest BCUT2D eigenvalue weighted by atomic mass is 10.0. The molecule has 0 aromatic heterocycles. The average molecular weight is 251 g/mol. The number of hydrogen-bond donors (Lipinski definition) is 0. The summed E-state index contributed by atoms with van der Waals surface area (Å²) >= 11 is 0. The lowest BCUT2D eigenvalue weighted by Gasteiger charge is -2.15. The van der Waals surface area contributed by atoms with E-state index in [0.717, 1.165) is 0 Å². The molecule has 0 radical (unpaired) electrons. The second-order valence-electron chi connectivity index (χ2n) is 4.24. The molecule has 0 bridgehead atoms. The van der Waals surface area contributed by atoms with Crippen molar-refractivity contribution in [3.8, 4) is 17.2 Å². The maximum absolute atomic E-state index is 14.2. The van der Waals surface area contributed by atoms with Gasteiger partial charge in [0.2, 0.25) is 24.4 Å². The van der Waals surface area contributed by atoms with Gasteiger partial charge in [-0.25, -0.2) is 4.79 Å². The lowest BCUT2D eigenvalue weighted by Crippen LogP contribution is -2.07. The van der Waals surface area contributed by atoms with E-state index in [9.17, 15) is 9.18 Å². The molecule has 1 saturated carbocycles. The van der Waals surface area contributed by atoms with Crippen LogP contribution in [0.5, 0.6) is 17.2 Å². The van der Waals surface area contributed by atoms with Crippen molar-refractivity contribution in [2.24, 2.45) is 4.99 Å². The van der Waals surface area contributed by atoms with Crippen LogP contribution < -0.4 is 14.2 Å². The molecule has 1 heterocycles. The molecule has 1 aliphatic carbocycles. The van der Waals surface area contributed by atoms with Crippen LogP contribution in [-0.2, 0) is 10.3 Å². The second-order valence-corrected chi connectivity index (χ2v) is 4.24. The van der Waals surface area contributed by atoms with E-state index in [0.29, 0.717) is 24.2 Å². The van der Waals surface area contributed by atoms with Gasteiger partial charge in [-0.1, -0.05) is 0 Å². The zero-order chi connectivity index (χ0) is 12.8. The number of methoxy groups -OCH3 is 1. The molecule has 0 saturated heterocycles. The number of nitrogens with zero attached hydrogens (tertiary/aromatic N) is 1. The highest BCUT2D eigenvalue weighted by Gasteiger charge is 2.48. The lowest BCUT2D eigenvalue weighted by molar-refractivity contribution is 0.170. The minimum atomic E-state index is -0.713. The van der Waals surface area contributed by atoms with Gasteiger partial charge in [0.15, 0.2) is 11.5 Å². The summed E-state index contributed by atoms with van der Waals surface area (Å²) < 4.78 is 29.4. The summed E-state index contributed by atoms with van der Waals surface area (Å²) in [6.07, 6.45) is 2.86. The van der Waals surface area contributed by atoms with Crippen molar-refractivity contribution in [1.82, 2.24) is 0 Å². The van der Waals surface area contributed by atoms with Crippen LogP contribution in [0.1, 0.15) is 18.4 Å². The number of benzene rings is 1. The van der Waals surface area contributed by atoms with Crippen LogP contribution in [0.3, 0.4) is 0 Å². The van der Waals surface area contributed by atoms with Crippen molar-refractivity contribution in [1.29, 1.82) is 0 Å². The van der Waals surface area contributed by atoms with Gasteiger partial charge in [-0.05, 0) is 18.9 Å². The van der Waals surface area contributed by atoms with Gasteiger partial charge in [-0.15, -0.1) is 0 Å². The van der Waals surface area contributed by atoms with Gasteiger partial charge in [-0.3, -0.25) is 0 Å². The zero-order valence-electron chi connectivity index (χ0n) is 9.66. The molecule has 3 rings (SSSR count). The molecule has 0 unspecified atom stereocenters. The summed E-state index contributed by atoms with van der Waals surface area (Å²) in [5, 5.41) is 0. The Morgan fingerprint density at radius 2 is 2.28 bits per heavy atom. The van der Waals surface area contributed by atoms with Crippen LogP contribution in [0.15, 0.2) is 11.1 Å².